The van der Waals surface area contributed by atoms with Crippen molar-refractivity contribution in [3.8, 4) is 0 Å². The van der Waals surface area contributed by atoms with Crippen LogP contribution in [0, 0.1) is 5.41 Å². The van der Waals surface area contributed by atoms with Crippen LogP contribution in [0.4, 0.5) is 13.2 Å². The maximum Gasteiger partial charge on any atom is 0.398 e. The largest absolute Gasteiger partial charge is 0.398 e. The summed E-state index contributed by atoms with van der Waals surface area (Å²) in [5.41, 5.74) is -0.224. The molecule has 1 atom stereocenters. The minimum absolute atomic E-state index is 0.0850. The molecule has 0 saturated carbocycles. The molecule has 0 radical (unpaired) electrons. The normalized spacial score (nSPS) is 22.4. The van der Waals surface area contributed by atoms with Gasteiger partial charge in [-0.3, -0.25) is 0 Å². The van der Waals surface area contributed by atoms with Gasteiger partial charge in [0.1, 0.15) is 6.29 Å². The van der Waals surface area contributed by atoms with Crippen LogP contribution in [0.15, 0.2) is 48.6 Å². The van der Waals surface area contributed by atoms with Crippen LogP contribution in [0.3, 0.4) is 0 Å². The van der Waals surface area contributed by atoms with Crippen LogP contribution in [0.25, 0.3) is 5.57 Å². The summed E-state index contributed by atoms with van der Waals surface area (Å²) < 4.78 is 39.8. The van der Waals surface area contributed by atoms with Crippen molar-refractivity contribution in [2.75, 3.05) is 0 Å². The minimum atomic E-state index is -4.34. The lowest BCUT2D eigenvalue weighted by Gasteiger charge is -2.34. The topological polar surface area (TPSA) is 17.1 Å². The van der Waals surface area contributed by atoms with Gasteiger partial charge < -0.3 is 4.79 Å². The quantitative estimate of drug-likeness (QED) is 0.739. The molecule has 0 aromatic heterocycles. The van der Waals surface area contributed by atoms with E-state index < -0.39 is 11.6 Å². The van der Waals surface area contributed by atoms with Crippen molar-refractivity contribution in [2.24, 2.45) is 5.41 Å². The molecule has 2 rings (SSSR count). The Morgan fingerprint density at radius 3 is 2.40 bits per heavy atom. The summed E-state index contributed by atoms with van der Waals surface area (Å²) in [5.74, 6) is 0. The monoisotopic (exact) mass is 280 g/mol. The molecule has 1 aliphatic carbocycles. The smallest absolute Gasteiger partial charge is 0.303 e. The van der Waals surface area contributed by atoms with Gasteiger partial charge in [0, 0.05) is 6.42 Å². The Labute approximate surface area is 115 Å². The van der Waals surface area contributed by atoms with E-state index in [9.17, 15) is 18.0 Å². The Bertz CT molecular complexity index is 528. The van der Waals surface area contributed by atoms with E-state index in [2.05, 4.69) is 0 Å². The van der Waals surface area contributed by atoms with E-state index in [-0.39, 0.29) is 19.3 Å². The van der Waals surface area contributed by atoms with Crippen LogP contribution in [0.1, 0.15) is 24.8 Å². The highest BCUT2D eigenvalue weighted by molar-refractivity contribution is 5.75. The zero-order valence-corrected chi connectivity index (χ0v) is 10.9. The van der Waals surface area contributed by atoms with Crippen molar-refractivity contribution in [1.82, 2.24) is 0 Å². The lowest BCUT2D eigenvalue weighted by molar-refractivity contribution is -0.207. The molecular weight excluding hydrogens is 265 g/mol. The third-order valence-corrected chi connectivity index (χ3v) is 3.65. The molecule has 0 aliphatic heterocycles. The van der Waals surface area contributed by atoms with Crippen molar-refractivity contribution >= 4 is 11.9 Å². The standard InChI is InChI=1S/C16H15F3O/c17-16(18,19)15(9-4-12-20)10-7-14(8-11-15)13-5-2-1-3-6-13/h1-3,5-8,10,12H,4,9,11H2. The van der Waals surface area contributed by atoms with E-state index in [0.717, 1.165) is 11.1 Å². The molecule has 1 aromatic carbocycles. The second-order valence-corrected chi connectivity index (χ2v) is 4.92. The van der Waals surface area contributed by atoms with E-state index in [0.29, 0.717) is 6.29 Å². The number of carbonyl (C=O) groups excluding carboxylic acids is 1. The van der Waals surface area contributed by atoms with Crippen LogP contribution in [-0.2, 0) is 4.79 Å². The molecule has 0 amide bonds. The third kappa shape index (κ3) is 2.84. The number of rotatable bonds is 4. The first-order valence-electron chi connectivity index (χ1n) is 6.44. The number of benzene rings is 1. The summed E-state index contributed by atoms with van der Waals surface area (Å²) in [6.45, 7) is 0. The van der Waals surface area contributed by atoms with Crippen molar-refractivity contribution in [3.05, 3.63) is 54.1 Å². The van der Waals surface area contributed by atoms with Gasteiger partial charge >= 0.3 is 6.18 Å². The first kappa shape index (κ1) is 14.6. The molecule has 0 N–H and O–H groups in total. The van der Waals surface area contributed by atoms with Crippen LogP contribution >= 0.6 is 0 Å². The predicted molar refractivity (Wildman–Crippen MR) is 72.0 cm³/mol. The molecule has 106 valence electrons. The fourth-order valence-electron chi connectivity index (χ4n) is 2.38. The molecule has 1 unspecified atom stereocenters. The second-order valence-electron chi connectivity index (χ2n) is 4.92. The van der Waals surface area contributed by atoms with Crippen molar-refractivity contribution in [1.29, 1.82) is 0 Å². The summed E-state index contributed by atoms with van der Waals surface area (Å²) in [6.07, 6.45) is 0.116. The zero-order valence-electron chi connectivity index (χ0n) is 10.9. The Kier molecular flexibility index (Phi) is 4.12. The Hall–Kier alpha value is -1.84. The number of alkyl halides is 3. The lowest BCUT2D eigenvalue weighted by atomic mass is 9.75. The van der Waals surface area contributed by atoms with Crippen LogP contribution in [0.5, 0.6) is 0 Å². The van der Waals surface area contributed by atoms with Crippen molar-refractivity contribution < 1.29 is 18.0 Å². The molecule has 0 saturated heterocycles. The molecule has 20 heavy (non-hydrogen) atoms. The first-order valence-corrected chi connectivity index (χ1v) is 6.44. The average molecular weight is 280 g/mol. The van der Waals surface area contributed by atoms with E-state index in [1.807, 2.05) is 30.3 Å². The van der Waals surface area contributed by atoms with Crippen LogP contribution < -0.4 is 0 Å². The Balaban J connectivity index is 2.24. The lowest BCUT2D eigenvalue weighted by Crippen LogP contribution is -2.37. The van der Waals surface area contributed by atoms with E-state index in [1.54, 1.807) is 6.08 Å². The molecule has 0 bridgehead atoms. The van der Waals surface area contributed by atoms with Gasteiger partial charge in [0.05, 0.1) is 5.41 Å². The summed E-state index contributed by atoms with van der Waals surface area (Å²) in [6, 6.07) is 9.29. The molecule has 1 aromatic rings. The van der Waals surface area contributed by atoms with E-state index in [4.69, 9.17) is 0 Å². The number of carbonyl (C=O) groups is 1. The fourth-order valence-corrected chi connectivity index (χ4v) is 2.38. The van der Waals surface area contributed by atoms with Gasteiger partial charge in [-0.15, -0.1) is 0 Å². The first-order chi connectivity index (χ1) is 9.48. The average Bonchev–Trinajstić information content (AvgIpc) is 2.45. The molecular formula is C16H15F3O. The molecule has 0 heterocycles. The van der Waals surface area contributed by atoms with Gasteiger partial charge in [-0.1, -0.05) is 48.6 Å². The summed E-state index contributed by atoms with van der Waals surface area (Å²) in [7, 11) is 0. The molecule has 4 heteroatoms. The molecule has 0 fully saturated rings. The van der Waals surface area contributed by atoms with Crippen molar-refractivity contribution in [2.45, 2.75) is 25.4 Å². The van der Waals surface area contributed by atoms with Gasteiger partial charge in [-0.25, -0.2) is 0 Å². The van der Waals surface area contributed by atoms with E-state index in [1.165, 1.54) is 12.2 Å². The highest BCUT2D eigenvalue weighted by atomic mass is 19.4. The number of hydrogen-bond donors (Lipinski definition) is 0. The number of aldehydes is 1. The SMILES string of the molecule is O=CCCC1(C(F)(F)F)C=CC(c2ccccc2)=CC1. The maximum atomic E-state index is 13.3. The molecule has 0 spiro atoms. The Morgan fingerprint density at radius 1 is 1.20 bits per heavy atom. The fraction of sp³-hybridized carbons (Fsp3) is 0.312. The Morgan fingerprint density at radius 2 is 1.90 bits per heavy atom. The van der Waals surface area contributed by atoms with Gasteiger partial charge in [0.2, 0.25) is 0 Å². The van der Waals surface area contributed by atoms with Gasteiger partial charge in [-0.05, 0) is 24.0 Å². The number of allylic oxidation sites excluding steroid dienone is 4. The van der Waals surface area contributed by atoms with Gasteiger partial charge in [0.25, 0.3) is 0 Å². The summed E-state index contributed by atoms with van der Waals surface area (Å²) in [4.78, 5) is 10.4. The summed E-state index contributed by atoms with van der Waals surface area (Å²) in [5, 5.41) is 0. The van der Waals surface area contributed by atoms with Gasteiger partial charge in [0.15, 0.2) is 0 Å². The zero-order chi connectivity index (χ0) is 14.6. The minimum Gasteiger partial charge on any atom is -0.303 e. The second kappa shape index (κ2) is 5.65. The van der Waals surface area contributed by atoms with Crippen LogP contribution in [-0.4, -0.2) is 12.5 Å². The van der Waals surface area contributed by atoms with E-state index >= 15 is 0 Å². The highest BCUT2D eigenvalue weighted by Crippen LogP contribution is 2.49. The molecule has 1 aliphatic rings. The highest BCUT2D eigenvalue weighted by Gasteiger charge is 2.52. The summed E-state index contributed by atoms with van der Waals surface area (Å²) >= 11 is 0. The van der Waals surface area contributed by atoms with Crippen molar-refractivity contribution in [3.63, 3.8) is 0 Å². The third-order valence-electron chi connectivity index (χ3n) is 3.65. The predicted octanol–water partition coefficient (Wildman–Crippen LogP) is 4.56. The molecule has 1 nitrogen and oxygen atoms in total. The maximum absolute atomic E-state index is 13.3. The van der Waals surface area contributed by atoms with Gasteiger partial charge in [-0.2, -0.15) is 13.2 Å². The van der Waals surface area contributed by atoms with Crippen LogP contribution in [0.2, 0.25) is 0 Å². The number of hydrogen-bond acceptors (Lipinski definition) is 1. The number of halogens is 3.